The summed E-state index contributed by atoms with van der Waals surface area (Å²) in [4.78, 5) is 24.9. The van der Waals surface area contributed by atoms with Gasteiger partial charge in [0.2, 0.25) is 0 Å². The number of hydrogen-bond acceptors (Lipinski definition) is 4. The van der Waals surface area contributed by atoms with E-state index in [1.807, 2.05) is 20.8 Å². The maximum absolute atomic E-state index is 11.9. The van der Waals surface area contributed by atoms with E-state index in [9.17, 15) is 9.59 Å². The number of hydrogen-bond donors (Lipinski definition) is 1. The minimum Gasteiger partial charge on any atom is -0.444 e. The van der Waals surface area contributed by atoms with Gasteiger partial charge in [0.1, 0.15) is 11.4 Å². The highest BCUT2D eigenvalue weighted by molar-refractivity contribution is 5.80. The van der Waals surface area contributed by atoms with E-state index >= 15 is 0 Å². The Balaban J connectivity index is 2.48. The fourth-order valence-electron chi connectivity index (χ4n) is 2.13. The van der Waals surface area contributed by atoms with Crippen molar-refractivity contribution < 1.29 is 14.3 Å². The normalized spacial score (nSPS) is 20.7. The first-order valence-electron chi connectivity index (χ1n) is 6.51. The summed E-state index contributed by atoms with van der Waals surface area (Å²) in [5.74, 6) is 0.286. The van der Waals surface area contributed by atoms with Crippen molar-refractivity contribution in [1.82, 2.24) is 4.90 Å². The average molecular weight is 256 g/mol. The number of piperidine rings is 1. The molecule has 1 saturated heterocycles. The van der Waals surface area contributed by atoms with E-state index in [0.717, 1.165) is 12.8 Å². The Morgan fingerprint density at radius 2 is 2.06 bits per heavy atom. The zero-order chi connectivity index (χ0) is 13.8. The fourth-order valence-corrected chi connectivity index (χ4v) is 2.13. The van der Waals surface area contributed by atoms with Crippen LogP contribution in [0.25, 0.3) is 0 Å². The molecule has 1 rings (SSSR count). The second-order valence-electron chi connectivity index (χ2n) is 5.88. The second-order valence-corrected chi connectivity index (χ2v) is 5.88. The molecular formula is C13H24N2O3. The zero-order valence-electron chi connectivity index (χ0n) is 11.6. The van der Waals surface area contributed by atoms with E-state index in [1.165, 1.54) is 0 Å². The van der Waals surface area contributed by atoms with Crippen molar-refractivity contribution in [3.8, 4) is 0 Å². The first kappa shape index (κ1) is 15.0. The molecule has 18 heavy (non-hydrogen) atoms. The summed E-state index contributed by atoms with van der Waals surface area (Å²) in [5.41, 5.74) is 4.84. The summed E-state index contributed by atoms with van der Waals surface area (Å²) in [6.45, 7) is 6.95. The van der Waals surface area contributed by atoms with Crippen LogP contribution in [0.5, 0.6) is 0 Å². The van der Waals surface area contributed by atoms with Gasteiger partial charge in [-0.3, -0.25) is 4.79 Å². The summed E-state index contributed by atoms with van der Waals surface area (Å²) in [7, 11) is 0. The summed E-state index contributed by atoms with van der Waals surface area (Å²) in [5, 5.41) is 0. The van der Waals surface area contributed by atoms with Gasteiger partial charge in [-0.05, 0) is 39.5 Å². The molecule has 1 amide bonds. The number of amides is 1. The lowest BCUT2D eigenvalue weighted by Gasteiger charge is -2.33. The number of nitrogens with two attached hydrogens (primary N) is 1. The lowest BCUT2D eigenvalue weighted by atomic mass is 9.93. The molecule has 0 spiro atoms. The van der Waals surface area contributed by atoms with Gasteiger partial charge in [-0.25, -0.2) is 4.79 Å². The van der Waals surface area contributed by atoms with Gasteiger partial charge in [0, 0.05) is 19.5 Å². The van der Waals surface area contributed by atoms with Crippen molar-refractivity contribution in [2.75, 3.05) is 19.6 Å². The van der Waals surface area contributed by atoms with Gasteiger partial charge in [-0.15, -0.1) is 0 Å². The Labute approximate surface area is 109 Å². The predicted octanol–water partition coefficient (Wildman–Crippen LogP) is 1.55. The van der Waals surface area contributed by atoms with Gasteiger partial charge in [0.05, 0.1) is 6.54 Å². The molecule has 0 aromatic carbocycles. The third kappa shape index (κ3) is 5.04. The summed E-state index contributed by atoms with van der Waals surface area (Å²) in [6, 6.07) is 0. The van der Waals surface area contributed by atoms with Crippen LogP contribution in [0.1, 0.15) is 40.0 Å². The largest absolute Gasteiger partial charge is 0.444 e. The minimum atomic E-state index is -0.475. The molecule has 0 aromatic heterocycles. The molecule has 1 aliphatic heterocycles. The molecule has 2 N–H and O–H groups in total. The van der Waals surface area contributed by atoms with E-state index in [1.54, 1.807) is 4.90 Å². The highest BCUT2D eigenvalue weighted by Gasteiger charge is 2.28. The van der Waals surface area contributed by atoms with E-state index in [4.69, 9.17) is 10.5 Å². The molecule has 0 saturated carbocycles. The number of ether oxygens (including phenoxy) is 1. The third-order valence-corrected chi connectivity index (χ3v) is 2.91. The lowest BCUT2D eigenvalue weighted by molar-refractivity contribution is -0.119. The van der Waals surface area contributed by atoms with Gasteiger partial charge >= 0.3 is 6.09 Å². The standard InChI is InChI=1S/C13H24N2O3/c1-13(2,3)18-12(17)15-6-4-5-10(9-15)7-11(16)8-14/h10H,4-9,14H2,1-3H3. The van der Waals surface area contributed by atoms with Gasteiger partial charge in [-0.2, -0.15) is 0 Å². The van der Waals surface area contributed by atoms with Crippen LogP contribution in [-0.2, 0) is 9.53 Å². The van der Waals surface area contributed by atoms with Crippen molar-refractivity contribution in [3.05, 3.63) is 0 Å². The van der Waals surface area contributed by atoms with Crippen molar-refractivity contribution >= 4 is 11.9 Å². The molecule has 5 nitrogen and oxygen atoms in total. The van der Waals surface area contributed by atoms with Crippen molar-refractivity contribution in [3.63, 3.8) is 0 Å². The highest BCUT2D eigenvalue weighted by atomic mass is 16.6. The van der Waals surface area contributed by atoms with E-state index in [2.05, 4.69) is 0 Å². The number of carbonyl (C=O) groups excluding carboxylic acids is 2. The molecule has 5 heteroatoms. The SMILES string of the molecule is CC(C)(C)OC(=O)N1CCCC(CC(=O)CN)C1. The van der Waals surface area contributed by atoms with Crippen LogP contribution >= 0.6 is 0 Å². The second kappa shape index (κ2) is 6.18. The van der Waals surface area contributed by atoms with E-state index in [-0.39, 0.29) is 24.3 Å². The van der Waals surface area contributed by atoms with Crippen LogP contribution < -0.4 is 5.73 Å². The monoisotopic (exact) mass is 256 g/mol. The van der Waals surface area contributed by atoms with E-state index in [0.29, 0.717) is 19.5 Å². The van der Waals surface area contributed by atoms with E-state index < -0.39 is 5.60 Å². The molecule has 0 aromatic rings. The van der Waals surface area contributed by atoms with Crippen LogP contribution in [0, 0.1) is 5.92 Å². The van der Waals surface area contributed by atoms with Gasteiger partial charge < -0.3 is 15.4 Å². The van der Waals surface area contributed by atoms with Crippen molar-refractivity contribution in [2.45, 2.75) is 45.6 Å². The van der Waals surface area contributed by atoms with Gasteiger partial charge in [0.15, 0.2) is 0 Å². The lowest BCUT2D eigenvalue weighted by Crippen LogP contribution is -2.43. The Morgan fingerprint density at radius 1 is 1.39 bits per heavy atom. The number of ketones is 1. The van der Waals surface area contributed by atoms with Crippen molar-refractivity contribution in [2.24, 2.45) is 11.7 Å². The molecule has 1 heterocycles. The number of Topliss-reactive ketones (excluding diaryl/α,β-unsaturated/α-hetero) is 1. The van der Waals surface area contributed by atoms with Gasteiger partial charge in [-0.1, -0.05) is 0 Å². The summed E-state index contributed by atoms with van der Waals surface area (Å²) in [6.07, 6.45) is 2.08. The first-order chi connectivity index (χ1) is 8.31. The van der Waals surface area contributed by atoms with Gasteiger partial charge in [0.25, 0.3) is 0 Å². The number of nitrogens with zero attached hydrogens (tertiary/aromatic N) is 1. The fraction of sp³-hybridized carbons (Fsp3) is 0.846. The van der Waals surface area contributed by atoms with Crippen molar-refractivity contribution in [1.29, 1.82) is 0 Å². The molecule has 1 unspecified atom stereocenters. The number of rotatable bonds is 3. The Kier molecular flexibility index (Phi) is 5.14. The predicted molar refractivity (Wildman–Crippen MR) is 69.2 cm³/mol. The molecule has 104 valence electrons. The molecule has 0 aliphatic carbocycles. The Bertz CT molecular complexity index is 310. The Hall–Kier alpha value is -1.10. The average Bonchev–Trinajstić information content (AvgIpc) is 2.27. The maximum atomic E-state index is 11.9. The smallest absolute Gasteiger partial charge is 0.410 e. The van der Waals surface area contributed by atoms with Crippen LogP contribution in [0.15, 0.2) is 0 Å². The van der Waals surface area contributed by atoms with Crippen LogP contribution in [-0.4, -0.2) is 42.0 Å². The van der Waals surface area contributed by atoms with Crippen LogP contribution in [0.4, 0.5) is 4.79 Å². The third-order valence-electron chi connectivity index (χ3n) is 2.91. The van der Waals surface area contributed by atoms with Crippen LogP contribution in [0.2, 0.25) is 0 Å². The molecule has 1 atom stereocenters. The zero-order valence-corrected chi connectivity index (χ0v) is 11.6. The number of carbonyl (C=O) groups is 2. The molecule has 0 bridgehead atoms. The molecule has 1 aliphatic rings. The quantitative estimate of drug-likeness (QED) is 0.831. The molecule has 0 radical (unpaired) electrons. The maximum Gasteiger partial charge on any atom is 0.410 e. The van der Waals surface area contributed by atoms with Crippen LogP contribution in [0.3, 0.4) is 0 Å². The molecular weight excluding hydrogens is 232 g/mol. The summed E-state index contributed by atoms with van der Waals surface area (Å²) < 4.78 is 5.33. The minimum absolute atomic E-state index is 0.0611. The Morgan fingerprint density at radius 3 is 2.61 bits per heavy atom. The first-order valence-corrected chi connectivity index (χ1v) is 6.51. The highest BCUT2D eigenvalue weighted by Crippen LogP contribution is 2.21. The summed E-state index contributed by atoms with van der Waals surface area (Å²) >= 11 is 0. The topological polar surface area (TPSA) is 72.6 Å². The number of likely N-dealkylation sites (tertiary alicyclic amines) is 1. The molecule has 1 fully saturated rings.